The monoisotopic (exact) mass is 563 g/mol. The highest BCUT2D eigenvalue weighted by Gasteiger charge is 2.52. The SMILES string of the molecule is Cc1ccccc1C1=NC2(CCCCCC2)N(CC(=O)Nc2ccc3c(c2)CC2(C3)C(=O)NC3=C2C=CCN3C)C1=O. The largest absolute Gasteiger partial charge is 0.357 e. The molecule has 3 heterocycles. The molecule has 2 N–H and O–H groups in total. The molecule has 1 fully saturated rings. The van der Waals surface area contributed by atoms with Crippen LogP contribution in [0.4, 0.5) is 5.69 Å². The highest BCUT2D eigenvalue weighted by molar-refractivity contribution is 6.47. The summed E-state index contributed by atoms with van der Waals surface area (Å²) in [5.74, 6) is 0.539. The molecule has 0 saturated heterocycles. The third-order valence-corrected chi connectivity index (χ3v) is 9.83. The Bertz CT molecular complexity index is 1600. The second kappa shape index (κ2) is 9.96. The third-order valence-electron chi connectivity index (χ3n) is 9.83. The molecule has 3 amide bonds. The molecule has 1 atom stereocenters. The first-order valence-corrected chi connectivity index (χ1v) is 15.1. The van der Waals surface area contributed by atoms with Crippen LogP contribution in [0.25, 0.3) is 0 Å². The van der Waals surface area contributed by atoms with E-state index in [0.717, 1.165) is 78.7 Å². The number of nitrogens with zero attached hydrogens (tertiary/aromatic N) is 3. The predicted octanol–water partition coefficient (Wildman–Crippen LogP) is 4.24. The van der Waals surface area contributed by atoms with Crippen molar-refractivity contribution in [2.45, 2.75) is 64.0 Å². The molecule has 2 aromatic rings. The number of carbonyl (C=O) groups is 3. The summed E-state index contributed by atoms with van der Waals surface area (Å²) in [6.07, 6.45) is 11.2. The Balaban J connectivity index is 1.11. The van der Waals surface area contributed by atoms with Gasteiger partial charge in [-0.2, -0.15) is 0 Å². The maximum atomic E-state index is 13.9. The van der Waals surface area contributed by atoms with Gasteiger partial charge in [0.1, 0.15) is 23.7 Å². The summed E-state index contributed by atoms with van der Waals surface area (Å²) < 4.78 is 0. The minimum Gasteiger partial charge on any atom is -0.357 e. The molecule has 0 aromatic heterocycles. The summed E-state index contributed by atoms with van der Waals surface area (Å²) in [5.41, 5.74) is 4.96. The number of likely N-dealkylation sites (N-methyl/N-ethyl adjacent to an activating group) is 1. The van der Waals surface area contributed by atoms with Crippen molar-refractivity contribution in [3.8, 4) is 0 Å². The molecular weight excluding hydrogens is 526 g/mol. The lowest BCUT2D eigenvalue weighted by Crippen LogP contribution is -2.50. The molecule has 2 aliphatic carbocycles. The molecule has 5 aliphatic rings. The fourth-order valence-corrected chi connectivity index (χ4v) is 7.59. The molecule has 216 valence electrons. The average molecular weight is 564 g/mol. The lowest BCUT2D eigenvalue weighted by Gasteiger charge is -2.35. The molecule has 0 radical (unpaired) electrons. The van der Waals surface area contributed by atoms with Crippen molar-refractivity contribution in [3.05, 3.63) is 88.3 Å². The zero-order valence-electron chi connectivity index (χ0n) is 24.3. The molecule has 1 unspecified atom stereocenters. The molecular formula is C34H37N5O3. The maximum Gasteiger partial charge on any atom is 0.275 e. The van der Waals surface area contributed by atoms with Gasteiger partial charge < -0.3 is 20.4 Å². The normalized spacial score (nSPS) is 24.2. The van der Waals surface area contributed by atoms with Crippen LogP contribution in [0.1, 0.15) is 60.8 Å². The fraction of sp³-hybridized carbons (Fsp3) is 0.412. The summed E-state index contributed by atoms with van der Waals surface area (Å²) in [4.78, 5) is 49.5. The van der Waals surface area contributed by atoms with Crippen LogP contribution >= 0.6 is 0 Å². The Morgan fingerprint density at radius 1 is 1.02 bits per heavy atom. The number of amides is 3. The van der Waals surface area contributed by atoms with E-state index in [9.17, 15) is 14.4 Å². The molecule has 8 heteroatoms. The molecule has 42 heavy (non-hydrogen) atoms. The zero-order chi connectivity index (χ0) is 29.1. The van der Waals surface area contributed by atoms with Gasteiger partial charge in [0.05, 0.1) is 5.41 Å². The second-order valence-electron chi connectivity index (χ2n) is 12.5. The minimum absolute atomic E-state index is 0.0402. The number of nitrogens with one attached hydrogen (secondary N) is 2. The highest BCUT2D eigenvalue weighted by atomic mass is 16.2. The first-order chi connectivity index (χ1) is 20.3. The van der Waals surface area contributed by atoms with E-state index in [1.54, 1.807) is 4.90 Å². The summed E-state index contributed by atoms with van der Waals surface area (Å²) >= 11 is 0. The number of benzene rings is 2. The van der Waals surface area contributed by atoms with Crippen molar-refractivity contribution < 1.29 is 14.4 Å². The topological polar surface area (TPSA) is 94.1 Å². The lowest BCUT2D eigenvalue weighted by atomic mass is 9.77. The van der Waals surface area contributed by atoms with Crippen molar-refractivity contribution in [3.63, 3.8) is 0 Å². The Morgan fingerprint density at radius 2 is 1.79 bits per heavy atom. The van der Waals surface area contributed by atoms with E-state index in [1.807, 2.05) is 56.4 Å². The van der Waals surface area contributed by atoms with E-state index in [0.29, 0.717) is 24.2 Å². The van der Waals surface area contributed by atoms with E-state index in [4.69, 9.17) is 4.99 Å². The van der Waals surface area contributed by atoms with Crippen LogP contribution in [0.3, 0.4) is 0 Å². The fourth-order valence-electron chi connectivity index (χ4n) is 7.59. The second-order valence-corrected chi connectivity index (χ2v) is 12.5. The van der Waals surface area contributed by atoms with E-state index >= 15 is 0 Å². The smallest absolute Gasteiger partial charge is 0.275 e. The van der Waals surface area contributed by atoms with E-state index < -0.39 is 11.1 Å². The third kappa shape index (κ3) is 4.18. The molecule has 3 aliphatic heterocycles. The van der Waals surface area contributed by atoms with Gasteiger partial charge in [0.25, 0.3) is 5.91 Å². The number of aliphatic imine (C=N–C) groups is 1. The van der Waals surface area contributed by atoms with Gasteiger partial charge in [-0.25, -0.2) is 0 Å². The average Bonchev–Trinajstić information content (AvgIpc) is 3.49. The van der Waals surface area contributed by atoms with E-state index in [2.05, 4.69) is 27.7 Å². The van der Waals surface area contributed by atoms with Crippen LogP contribution in [0.5, 0.6) is 0 Å². The quantitative estimate of drug-likeness (QED) is 0.582. The number of fused-ring (bicyclic) bond motifs is 2. The van der Waals surface area contributed by atoms with Gasteiger partial charge in [0, 0.05) is 30.4 Å². The van der Waals surface area contributed by atoms with Crippen molar-refractivity contribution in [1.82, 2.24) is 15.1 Å². The Hall–Kier alpha value is -4.20. The molecule has 0 bridgehead atoms. The van der Waals surface area contributed by atoms with E-state index in [1.165, 1.54) is 0 Å². The van der Waals surface area contributed by atoms with Crippen LogP contribution < -0.4 is 10.6 Å². The summed E-state index contributed by atoms with van der Waals surface area (Å²) in [6.45, 7) is 2.72. The van der Waals surface area contributed by atoms with Crippen molar-refractivity contribution >= 4 is 29.1 Å². The number of carbonyl (C=O) groups excluding carboxylic acids is 3. The van der Waals surface area contributed by atoms with Crippen molar-refractivity contribution in [2.24, 2.45) is 10.4 Å². The van der Waals surface area contributed by atoms with E-state index in [-0.39, 0.29) is 24.3 Å². The lowest BCUT2D eigenvalue weighted by molar-refractivity contribution is -0.133. The maximum absolute atomic E-state index is 13.9. The number of rotatable bonds is 4. The molecule has 2 aromatic carbocycles. The van der Waals surface area contributed by atoms with Gasteiger partial charge in [-0.15, -0.1) is 0 Å². The molecule has 2 spiro atoms. The molecule has 7 rings (SSSR count). The van der Waals surface area contributed by atoms with Crippen LogP contribution in [0, 0.1) is 12.3 Å². The number of aryl methyl sites for hydroxylation is 1. The van der Waals surface area contributed by atoms with Crippen LogP contribution in [0.15, 0.2) is 71.0 Å². The number of hydrogen-bond acceptors (Lipinski definition) is 5. The highest BCUT2D eigenvalue weighted by Crippen LogP contribution is 2.49. The van der Waals surface area contributed by atoms with Crippen molar-refractivity contribution in [2.75, 3.05) is 25.5 Å². The number of allylic oxidation sites excluding steroid dienone is 1. The summed E-state index contributed by atoms with van der Waals surface area (Å²) in [7, 11) is 1.99. The van der Waals surface area contributed by atoms with Crippen LogP contribution in [0.2, 0.25) is 0 Å². The number of hydrogen-bond donors (Lipinski definition) is 2. The molecule has 8 nitrogen and oxygen atoms in total. The van der Waals surface area contributed by atoms with Crippen LogP contribution in [-0.2, 0) is 27.2 Å². The van der Waals surface area contributed by atoms with Gasteiger partial charge in [0.15, 0.2) is 0 Å². The Kier molecular flexibility index (Phi) is 6.33. The zero-order valence-corrected chi connectivity index (χ0v) is 24.3. The first-order valence-electron chi connectivity index (χ1n) is 15.1. The standard InChI is InChI=1S/C34H37N5O3/c1-22-10-5-6-11-26(22)29-31(41)39(34(37-29)15-7-3-4-8-16-34)21-28(40)35-25-14-13-23-19-33(20-24(23)18-25)27-12-9-17-38(2)30(27)36-32(33)42/h5-6,9-14,18H,3-4,7-8,15-17,19-21H2,1-2H3,(H,35,40)(H,36,42). The van der Waals surface area contributed by atoms with Gasteiger partial charge in [-0.3, -0.25) is 19.4 Å². The van der Waals surface area contributed by atoms with Gasteiger partial charge in [0.2, 0.25) is 11.8 Å². The van der Waals surface area contributed by atoms with Crippen LogP contribution in [-0.4, -0.2) is 59.0 Å². The van der Waals surface area contributed by atoms with Gasteiger partial charge in [-0.05, 0) is 74.3 Å². The van der Waals surface area contributed by atoms with Gasteiger partial charge in [-0.1, -0.05) is 55.3 Å². The minimum atomic E-state index is -0.672. The van der Waals surface area contributed by atoms with Crippen molar-refractivity contribution in [1.29, 1.82) is 0 Å². The summed E-state index contributed by atoms with van der Waals surface area (Å²) in [5, 5.41) is 6.17. The summed E-state index contributed by atoms with van der Waals surface area (Å²) in [6, 6.07) is 13.8. The van der Waals surface area contributed by atoms with Gasteiger partial charge >= 0.3 is 0 Å². The predicted molar refractivity (Wildman–Crippen MR) is 162 cm³/mol. The Morgan fingerprint density at radius 3 is 2.57 bits per heavy atom. The Labute approximate surface area is 246 Å². The number of anilines is 1. The molecule has 1 saturated carbocycles. The first kappa shape index (κ1) is 26.7.